The molecule has 3 nitrogen and oxygen atoms in total. The topological polar surface area (TPSA) is 40.2 Å². The Morgan fingerprint density at radius 3 is 3.00 bits per heavy atom. The van der Waals surface area contributed by atoms with Crippen LogP contribution in [0.15, 0.2) is 30.5 Å². The summed E-state index contributed by atoms with van der Waals surface area (Å²) in [6, 6.07) is 8.03. The number of hydrogen-bond acceptors (Lipinski definition) is 2. The number of hydrogen-bond donors (Lipinski definition) is 1. The van der Waals surface area contributed by atoms with Crippen LogP contribution >= 0.6 is 0 Å². The zero-order chi connectivity index (χ0) is 9.97. The van der Waals surface area contributed by atoms with Crippen molar-refractivity contribution in [3.63, 3.8) is 0 Å². The third kappa shape index (κ3) is 1.46. The summed E-state index contributed by atoms with van der Waals surface area (Å²) in [5, 5.41) is 1.18. The van der Waals surface area contributed by atoms with Crippen molar-refractivity contribution in [1.82, 2.24) is 4.57 Å². The lowest BCUT2D eigenvalue weighted by Crippen LogP contribution is -2.03. The van der Waals surface area contributed by atoms with Crippen LogP contribution in [0.3, 0.4) is 0 Å². The number of anilines is 1. The van der Waals surface area contributed by atoms with Crippen LogP contribution in [-0.4, -0.2) is 18.3 Å². The number of methoxy groups -OCH3 is 1. The molecule has 0 atom stereocenters. The van der Waals surface area contributed by atoms with Gasteiger partial charge in [0.25, 0.3) is 0 Å². The van der Waals surface area contributed by atoms with Gasteiger partial charge in [-0.2, -0.15) is 0 Å². The largest absolute Gasteiger partial charge is 0.397 e. The smallest absolute Gasteiger partial charge is 0.0714 e. The van der Waals surface area contributed by atoms with Gasteiger partial charge in [-0.1, -0.05) is 12.1 Å². The number of nitrogens with zero attached hydrogens (tertiary/aromatic N) is 1. The minimum absolute atomic E-state index is 0.706. The highest BCUT2D eigenvalue weighted by atomic mass is 16.5. The number of benzene rings is 1. The molecule has 2 aromatic rings. The molecule has 0 aliphatic heterocycles. The van der Waals surface area contributed by atoms with Crippen LogP contribution in [0, 0.1) is 0 Å². The van der Waals surface area contributed by atoms with E-state index in [1.807, 2.05) is 18.3 Å². The Morgan fingerprint density at radius 2 is 2.21 bits per heavy atom. The fraction of sp³-hybridized carbons (Fsp3) is 0.273. The van der Waals surface area contributed by atoms with Gasteiger partial charge in [0.15, 0.2) is 0 Å². The molecule has 0 saturated heterocycles. The van der Waals surface area contributed by atoms with Crippen LogP contribution < -0.4 is 5.73 Å². The fourth-order valence-electron chi connectivity index (χ4n) is 1.67. The third-order valence-corrected chi connectivity index (χ3v) is 2.36. The number of nitrogens with two attached hydrogens (primary N) is 1. The summed E-state index contributed by atoms with van der Waals surface area (Å²) in [7, 11) is 1.70. The molecule has 1 heterocycles. The number of aromatic nitrogens is 1. The quantitative estimate of drug-likeness (QED) is 0.750. The Morgan fingerprint density at radius 1 is 1.36 bits per heavy atom. The van der Waals surface area contributed by atoms with Crippen molar-refractivity contribution >= 4 is 16.6 Å². The van der Waals surface area contributed by atoms with Crippen LogP contribution in [0.1, 0.15) is 0 Å². The Hall–Kier alpha value is -1.48. The van der Waals surface area contributed by atoms with Crippen molar-refractivity contribution in [3.8, 4) is 0 Å². The summed E-state index contributed by atoms with van der Waals surface area (Å²) in [5.41, 5.74) is 7.84. The predicted molar refractivity (Wildman–Crippen MR) is 58.2 cm³/mol. The fourth-order valence-corrected chi connectivity index (χ4v) is 1.67. The van der Waals surface area contributed by atoms with E-state index in [2.05, 4.69) is 16.7 Å². The Labute approximate surface area is 83.1 Å². The maximum atomic E-state index is 5.91. The lowest BCUT2D eigenvalue weighted by Gasteiger charge is -2.06. The summed E-state index contributed by atoms with van der Waals surface area (Å²) in [4.78, 5) is 0. The normalized spacial score (nSPS) is 10.9. The van der Waals surface area contributed by atoms with Crippen LogP contribution in [0.2, 0.25) is 0 Å². The van der Waals surface area contributed by atoms with Crippen molar-refractivity contribution in [1.29, 1.82) is 0 Å². The molecule has 0 bridgehead atoms. The maximum Gasteiger partial charge on any atom is 0.0714 e. The van der Waals surface area contributed by atoms with E-state index in [4.69, 9.17) is 10.5 Å². The summed E-state index contributed by atoms with van der Waals surface area (Å²) >= 11 is 0. The highest BCUT2D eigenvalue weighted by molar-refractivity contribution is 5.90. The summed E-state index contributed by atoms with van der Waals surface area (Å²) in [5.74, 6) is 0. The van der Waals surface area contributed by atoms with Crippen LogP contribution in [0.5, 0.6) is 0 Å². The van der Waals surface area contributed by atoms with E-state index in [1.165, 1.54) is 5.39 Å². The van der Waals surface area contributed by atoms with Gasteiger partial charge in [-0.3, -0.25) is 0 Å². The molecule has 0 unspecified atom stereocenters. The first-order valence-corrected chi connectivity index (χ1v) is 4.65. The van der Waals surface area contributed by atoms with E-state index in [1.54, 1.807) is 7.11 Å². The number of para-hydroxylation sites is 1. The van der Waals surface area contributed by atoms with Crippen molar-refractivity contribution in [3.05, 3.63) is 30.5 Å². The second-order valence-electron chi connectivity index (χ2n) is 3.29. The summed E-state index contributed by atoms with van der Waals surface area (Å²) in [6.45, 7) is 1.55. The molecule has 74 valence electrons. The van der Waals surface area contributed by atoms with Crippen molar-refractivity contribution in [2.24, 2.45) is 0 Å². The zero-order valence-corrected chi connectivity index (χ0v) is 8.23. The Bertz CT molecular complexity index is 434. The Kier molecular flexibility index (Phi) is 2.41. The van der Waals surface area contributed by atoms with E-state index >= 15 is 0 Å². The third-order valence-electron chi connectivity index (χ3n) is 2.36. The molecule has 0 fully saturated rings. The van der Waals surface area contributed by atoms with Crippen molar-refractivity contribution in [2.75, 3.05) is 19.5 Å². The lowest BCUT2D eigenvalue weighted by atomic mass is 10.2. The van der Waals surface area contributed by atoms with Gasteiger partial charge in [-0.05, 0) is 12.1 Å². The van der Waals surface area contributed by atoms with E-state index < -0.39 is 0 Å². The number of ether oxygens (including phenoxy) is 1. The molecule has 1 aromatic carbocycles. The second-order valence-corrected chi connectivity index (χ2v) is 3.29. The summed E-state index contributed by atoms with van der Waals surface area (Å²) < 4.78 is 7.16. The number of rotatable bonds is 3. The maximum absolute atomic E-state index is 5.91. The molecular weight excluding hydrogens is 176 g/mol. The molecule has 0 saturated carbocycles. The van der Waals surface area contributed by atoms with Gasteiger partial charge in [0.05, 0.1) is 17.8 Å². The lowest BCUT2D eigenvalue weighted by molar-refractivity contribution is 0.188. The van der Waals surface area contributed by atoms with Gasteiger partial charge in [0, 0.05) is 25.2 Å². The number of nitrogen functional groups attached to an aromatic ring is 1. The molecule has 0 amide bonds. The highest BCUT2D eigenvalue weighted by Gasteiger charge is 2.02. The molecule has 0 aliphatic rings. The molecule has 0 radical (unpaired) electrons. The first-order chi connectivity index (χ1) is 6.83. The van der Waals surface area contributed by atoms with Gasteiger partial charge in [0.1, 0.15) is 0 Å². The molecule has 0 aliphatic carbocycles. The second kappa shape index (κ2) is 3.72. The highest BCUT2D eigenvalue weighted by Crippen LogP contribution is 2.21. The van der Waals surface area contributed by atoms with Gasteiger partial charge >= 0.3 is 0 Å². The zero-order valence-electron chi connectivity index (χ0n) is 8.23. The molecular formula is C11H14N2O. The average molecular weight is 190 g/mol. The molecule has 0 spiro atoms. The van der Waals surface area contributed by atoms with Crippen molar-refractivity contribution < 1.29 is 4.74 Å². The minimum Gasteiger partial charge on any atom is -0.397 e. The molecule has 14 heavy (non-hydrogen) atoms. The molecule has 3 heteroatoms. The van der Waals surface area contributed by atoms with Crippen LogP contribution in [-0.2, 0) is 11.3 Å². The van der Waals surface area contributed by atoms with Gasteiger partial charge in [0.2, 0.25) is 0 Å². The Balaban J connectivity index is 2.45. The van der Waals surface area contributed by atoms with E-state index in [9.17, 15) is 0 Å². The molecule has 2 rings (SSSR count). The van der Waals surface area contributed by atoms with E-state index in [0.717, 1.165) is 17.7 Å². The average Bonchev–Trinajstić information content (AvgIpc) is 2.59. The standard InChI is InChI=1S/C11H14N2O/c1-14-8-7-13-6-5-9-3-2-4-10(12)11(9)13/h2-6H,7-8,12H2,1H3. The van der Waals surface area contributed by atoms with Gasteiger partial charge in [-0.15, -0.1) is 0 Å². The molecule has 1 aromatic heterocycles. The first-order valence-electron chi connectivity index (χ1n) is 4.65. The predicted octanol–water partition coefficient (Wildman–Crippen LogP) is 1.87. The van der Waals surface area contributed by atoms with Gasteiger partial charge < -0.3 is 15.0 Å². The van der Waals surface area contributed by atoms with Crippen LogP contribution in [0.4, 0.5) is 5.69 Å². The SMILES string of the molecule is COCCn1ccc2cccc(N)c21. The van der Waals surface area contributed by atoms with E-state index in [-0.39, 0.29) is 0 Å². The molecule has 2 N–H and O–H groups in total. The van der Waals surface area contributed by atoms with Crippen LogP contribution in [0.25, 0.3) is 10.9 Å². The van der Waals surface area contributed by atoms with Gasteiger partial charge in [-0.25, -0.2) is 0 Å². The number of fused-ring (bicyclic) bond motifs is 1. The van der Waals surface area contributed by atoms with E-state index in [0.29, 0.717) is 6.61 Å². The summed E-state index contributed by atoms with van der Waals surface area (Å²) in [6.07, 6.45) is 2.04. The van der Waals surface area contributed by atoms with Crippen molar-refractivity contribution in [2.45, 2.75) is 6.54 Å². The first kappa shape index (κ1) is 9.09. The minimum atomic E-state index is 0.706. The monoisotopic (exact) mass is 190 g/mol.